The standard InChI is InChI=1S/C23H34N4O9/c1-3-12(2)19(22(34)26-17(11-28)23(35)36)27-21(33)16(8-9-18(30)31)25-20(32)15(24)10-13-4-6-14(29)7-5-13/h4-7,12,15-17,19,28-29H,3,8-11,24H2,1-2H3,(H,25,32)(H,26,34)(H,27,33)(H,30,31)(H,35,36). The molecular formula is C23H34N4O9. The first kappa shape index (κ1) is 30.3. The van der Waals surface area contributed by atoms with Crippen LogP contribution in [0.4, 0.5) is 0 Å². The first-order valence-electron chi connectivity index (χ1n) is 11.4. The van der Waals surface area contributed by atoms with Gasteiger partial charge in [0.1, 0.15) is 23.9 Å². The van der Waals surface area contributed by atoms with E-state index in [9.17, 15) is 34.2 Å². The van der Waals surface area contributed by atoms with Crippen LogP contribution in [0.25, 0.3) is 0 Å². The Kier molecular flexibility index (Phi) is 12.3. The summed E-state index contributed by atoms with van der Waals surface area (Å²) in [6.07, 6.45) is -0.257. The highest BCUT2D eigenvalue weighted by molar-refractivity contribution is 5.94. The lowest BCUT2D eigenvalue weighted by Gasteiger charge is -2.27. The smallest absolute Gasteiger partial charge is 0.328 e. The average Bonchev–Trinajstić information content (AvgIpc) is 2.83. The fraction of sp³-hybridized carbons (Fsp3) is 0.522. The van der Waals surface area contributed by atoms with E-state index in [1.807, 2.05) is 0 Å². The summed E-state index contributed by atoms with van der Waals surface area (Å²) >= 11 is 0. The van der Waals surface area contributed by atoms with Gasteiger partial charge in [0, 0.05) is 6.42 Å². The Morgan fingerprint density at radius 1 is 0.917 bits per heavy atom. The Balaban J connectivity index is 2.99. The van der Waals surface area contributed by atoms with Gasteiger partial charge in [0.05, 0.1) is 12.6 Å². The number of aromatic hydroxyl groups is 1. The molecule has 9 N–H and O–H groups in total. The van der Waals surface area contributed by atoms with Crippen LogP contribution in [0.5, 0.6) is 5.75 Å². The number of carboxylic acid groups (broad SMARTS) is 2. The molecule has 0 saturated carbocycles. The Morgan fingerprint density at radius 2 is 1.50 bits per heavy atom. The SMILES string of the molecule is CCC(C)C(NC(=O)C(CCC(=O)O)NC(=O)C(N)Cc1ccc(O)cc1)C(=O)NC(CO)C(=O)O. The number of nitrogens with one attached hydrogen (secondary N) is 3. The van der Waals surface area contributed by atoms with Crippen molar-refractivity contribution < 1.29 is 44.4 Å². The van der Waals surface area contributed by atoms with E-state index in [2.05, 4.69) is 16.0 Å². The van der Waals surface area contributed by atoms with Gasteiger partial charge in [-0.05, 0) is 36.5 Å². The number of rotatable bonds is 15. The first-order chi connectivity index (χ1) is 16.9. The number of aliphatic hydroxyl groups excluding tert-OH is 1. The van der Waals surface area contributed by atoms with Gasteiger partial charge in [0.15, 0.2) is 0 Å². The first-order valence-corrected chi connectivity index (χ1v) is 11.4. The lowest BCUT2D eigenvalue weighted by molar-refractivity contribution is -0.143. The van der Waals surface area contributed by atoms with Crippen molar-refractivity contribution in [3.05, 3.63) is 29.8 Å². The molecule has 0 bridgehead atoms. The molecule has 0 aliphatic heterocycles. The van der Waals surface area contributed by atoms with Crippen molar-refractivity contribution in [1.29, 1.82) is 0 Å². The van der Waals surface area contributed by atoms with E-state index in [4.69, 9.17) is 15.9 Å². The maximum absolute atomic E-state index is 13.0. The number of hydrogen-bond donors (Lipinski definition) is 8. The van der Waals surface area contributed by atoms with Crippen LogP contribution in [0.15, 0.2) is 24.3 Å². The quantitative estimate of drug-likeness (QED) is 0.139. The number of aliphatic hydroxyl groups is 1. The molecule has 3 amide bonds. The van der Waals surface area contributed by atoms with Gasteiger partial charge in [0.2, 0.25) is 17.7 Å². The molecule has 0 aliphatic rings. The maximum atomic E-state index is 13.0. The lowest BCUT2D eigenvalue weighted by Crippen LogP contribution is -2.59. The van der Waals surface area contributed by atoms with Crippen molar-refractivity contribution in [2.75, 3.05) is 6.61 Å². The molecule has 0 radical (unpaired) electrons. The molecular weight excluding hydrogens is 476 g/mol. The number of amides is 3. The van der Waals surface area contributed by atoms with Gasteiger partial charge in [0.25, 0.3) is 0 Å². The summed E-state index contributed by atoms with van der Waals surface area (Å²) in [4.78, 5) is 60.6. The number of carboxylic acids is 2. The average molecular weight is 511 g/mol. The predicted octanol–water partition coefficient (Wildman–Crippen LogP) is -1.30. The van der Waals surface area contributed by atoms with Crippen LogP contribution in [-0.4, -0.2) is 80.9 Å². The Labute approximate surface area is 208 Å². The van der Waals surface area contributed by atoms with Crippen LogP contribution in [-0.2, 0) is 30.4 Å². The van der Waals surface area contributed by atoms with E-state index >= 15 is 0 Å². The van der Waals surface area contributed by atoms with Crippen molar-refractivity contribution in [3.8, 4) is 5.75 Å². The van der Waals surface area contributed by atoms with E-state index in [0.717, 1.165) is 0 Å². The van der Waals surface area contributed by atoms with Crippen LogP contribution in [0, 0.1) is 5.92 Å². The fourth-order valence-corrected chi connectivity index (χ4v) is 3.20. The molecule has 200 valence electrons. The zero-order chi connectivity index (χ0) is 27.4. The van der Waals surface area contributed by atoms with Gasteiger partial charge in [-0.1, -0.05) is 32.4 Å². The number of hydrogen-bond acceptors (Lipinski definition) is 8. The maximum Gasteiger partial charge on any atom is 0.328 e. The minimum absolute atomic E-state index is 0.0377. The summed E-state index contributed by atoms with van der Waals surface area (Å²) in [5.41, 5.74) is 6.59. The molecule has 0 aromatic heterocycles. The van der Waals surface area contributed by atoms with Crippen LogP contribution in [0.3, 0.4) is 0 Å². The monoisotopic (exact) mass is 510 g/mol. The zero-order valence-corrected chi connectivity index (χ0v) is 20.1. The number of phenols is 1. The Bertz CT molecular complexity index is 923. The number of phenolic OH excluding ortho intramolecular Hbond substituents is 1. The van der Waals surface area contributed by atoms with Gasteiger partial charge in [-0.15, -0.1) is 0 Å². The topological polar surface area (TPSA) is 228 Å². The third kappa shape index (κ3) is 9.88. The largest absolute Gasteiger partial charge is 0.508 e. The third-order valence-corrected chi connectivity index (χ3v) is 5.60. The van der Waals surface area contributed by atoms with Gasteiger partial charge < -0.3 is 42.1 Å². The van der Waals surface area contributed by atoms with E-state index < -0.39 is 72.8 Å². The number of carbonyl (C=O) groups excluding carboxylic acids is 3. The van der Waals surface area contributed by atoms with Gasteiger partial charge in [-0.3, -0.25) is 19.2 Å². The molecule has 0 spiro atoms. The molecule has 0 aliphatic carbocycles. The van der Waals surface area contributed by atoms with Crippen LogP contribution in [0.2, 0.25) is 0 Å². The second-order valence-corrected chi connectivity index (χ2v) is 8.42. The summed E-state index contributed by atoms with van der Waals surface area (Å²) in [5.74, 6) is -5.53. The summed E-state index contributed by atoms with van der Waals surface area (Å²) in [7, 11) is 0. The van der Waals surface area contributed by atoms with Crippen molar-refractivity contribution in [2.45, 2.75) is 63.7 Å². The molecule has 5 unspecified atom stereocenters. The summed E-state index contributed by atoms with van der Waals surface area (Å²) < 4.78 is 0. The van der Waals surface area contributed by atoms with Gasteiger partial charge in [-0.25, -0.2) is 4.79 Å². The molecule has 1 aromatic rings. The molecule has 13 nitrogen and oxygen atoms in total. The van der Waals surface area contributed by atoms with Gasteiger partial charge >= 0.3 is 11.9 Å². The number of aliphatic carboxylic acids is 2. The second kappa shape index (κ2) is 14.6. The highest BCUT2D eigenvalue weighted by Gasteiger charge is 2.32. The van der Waals surface area contributed by atoms with Crippen molar-refractivity contribution >= 4 is 29.7 Å². The molecule has 0 fully saturated rings. The minimum atomic E-state index is -1.58. The summed E-state index contributed by atoms with van der Waals surface area (Å²) in [6.45, 7) is 2.51. The van der Waals surface area contributed by atoms with Crippen LogP contribution < -0.4 is 21.7 Å². The summed E-state index contributed by atoms with van der Waals surface area (Å²) in [5, 5.41) is 43.7. The molecule has 0 heterocycles. The van der Waals surface area contributed by atoms with Gasteiger partial charge in [-0.2, -0.15) is 0 Å². The molecule has 36 heavy (non-hydrogen) atoms. The van der Waals surface area contributed by atoms with Crippen LogP contribution >= 0.6 is 0 Å². The lowest BCUT2D eigenvalue weighted by atomic mass is 9.97. The molecule has 5 atom stereocenters. The molecule has 13 heteroatoms. The normalized spacial score (nSPS) is 15.0. The number of carbonyl (C=O) groups is 5. The molecule has 0 saturated heterocycles. The predicted molar refractivity (Wildman–Crippen MR) is 127 cm³/mol. The fourth-order valence-electron chi connectivity index (χ4n) is 3.20. The highest BCUT2D eigenvalue weighted by atomic mass is 16.4. The third-order valence-electron chi connectivity index (χ3n) is 5.60. The van der Waals surface area contributed by atoms with E-state index in [-0.39, 0.29) is 18.6 Å². The highest BCUT2D eigenvalue weighted by Crippen LogP contribution is 2.12. The Morgan fingerprint density at radius 3 is 2.00 bits per heavy atom. The minimum Gasteiger partial charge on any atom is -0.508 e. The van der Waals surface area contributed by atoms with Crippen molar-refractivity contribution in [1.82, 2.24) is 16.0 Å². The van der Waals surface area contributed by atoms with E-state index in [1.54, 1.807) is 26.0 Å². The van der Waals surface area contributed by atoms with Crippen LogP contribution in [0.1, 0.15) is 38.7 Å². The summed E-state index contributed by atoms with van der Waals surface area (Å²) in [6, 6.07) is 0.763. The number of benzene rings is 1. The Hall–Kier alpha value is -3.71. The van der Waals surface area contributed by atoms with E-state index in [0.29, 0.717) is 12.0 Å². The van der Waals surface area contributed by atoms with Crippen molar-refractivity contribution in [2.24, 2.45) is 11.7 Å². The number of nitrogens with two attached hydrogens (primary N) is 1. The second-order valence-electron chi connectivity index (χ2n) is 8.42. The zero-order valence-electron chi connectivity index (χ0n) is 20.1. The van der Waals surface area contributed by atoms with E-state index in [1.165, 1.54) is 12.1 Å². The molecule has 1 aromatic carbocycles. The molecule has 1 rings (SSSR count). The van der Waals surface area contributed by atoms with Crippen molar-refractivity contribution in [3.63, 3.8) is 0 Å².